The minimum atomic E-state index is -4.52. The zero-order chi connectivity index (χ0) is 14.9. The number of hydrogen-bond donors (Lipinski definition) is 1. The fraction of sp³-hybridized carbons (Fsp3) is 0.500. The maximum absolute atomic E-state index is 13.0. The highest BCUT2D eigenvalue weighted by Gasteiger charge is 2.34. The lowest BCUT2D eigenvalue weighted by Gasteiger charge is -2.18. The van der Waals surface area contributed by atoms with E-state index >= 15 is 0 Å². The van der Waals surface area contributed by atoms with Crippen molar-refractivity contribution in [2.75, 3.05) is 0 Å². The summed E-state index contributed by atoms with van der Waals surface area (Å²) >= 11 is 0. The van der Waals surface area contributed by atoms with Gasteiger partial charge in [-0.05, 0) is 30.5 Å². The number of nitrogens with zero attached hydrogens (tertiary/aromatic N) is 1. The number of halogens is 4. The number of fused-ring (bicyclic) bond motifs is 1. The molecule has 3 rings (SSSR count). The second-order valence-electron chi connectivity index (χ2n) is 5.28. The summed E-state index contributed by atoms with van der Waals surface area (Å²) in [4.78, 5) is 0. The number of H-pyrrole nitrogens is 1. The zero-order valence-corrected chi connectivity index (χ0v) is 11.3. The molecule has 0 atom stereocenters. The van der Waals surface area contributed by atoms with Crippen LogP contribution < -0.4 is 0 Å². The molecule has 0 spiro atoms. The van der Waals surface area contributed by atoms with Gasteiger partial charge in [0.2, 0.25) is 5.95 Å². The third-order valence-corrected chi connectivity index (χ3v) is 3.46. The predicted octanol–water partition coefficient (Wildman–Crippen LogP) is 4.84. The molecule has 1 saturated carbocycles. The summed E-state index contributed by atoms with van der Waals surface area (Å²) in [6.45, 7) is 3.78. The van der Waals surface area contributed by atoms with E-state index in [0.29, 0.717) is 5.56 Å². The molecule has 0 saturated heterocycles. The van der Waals surface area contributed by atoms with E-state index < -0.39 is 17.7 Å². The van der Waals surface area contributed by atoms with Crippen LogP contribution in [0, 0.1) is 18.8 Å². The molecule has 2 nitrogen and oxygen atoms in total. The Labute approximate surface area is 114 Å². The van der Waals surface area contributed by atoms with E-state index in [9.17, 15) is 17.6 Å². The fourth-order valence-electron chi connectivity index (χ4n) is 2.06. The highest BCUT2D eigenvalue weighted by molar-refractivity contribution is 5.83. The highest BCUT2D eigenvalue weighted by Crippen LogP contribution is 2.35. The van der Waals surface area contributed by atoms with Crippen molar-refractivity contribution >= 4 is 10.9 Å². The van der Waals surface area contributed by atoms with Crippen molar-refractivity contribution in [3.63, 3.8) is 0 Å². The van der Waals surface area contributed by atoms with Crippen LogP contribution in [-0.2, 0) is 6.18 Å². The lowest BCUT2D eigenvalue weighted by Crippen LogP contribution is -2.06. The van der Waals surface area contributed by atoms with E-state index in [-0.39, 0.29) is 10.9 Å². The summed E-state index contributed by atoms with van der Waals surface area (Å²) < 4.78 is 50.6. The van der Waals surface area contributed by atoms with Crippen LogP contribution in [0.1, 0.15) is 37.3 Å². The first-order valence-corrected chi connectivity index (χ1v) is 6.50. The number of alkyl halides is 3. The van der Waals surface area contributed by atoms with E-state index in [2.05, 4.69) is 12.0 Å². The molecule has 1 fully saturated rings. The molecule has 20 heavy (non-hydrogen) atoms. The van der Waals surface area contributed by atoms with Crippen molar-refractivity contribution in [3.8, 4) is 0 Å². The average molecular weight is 288 g/mol. The summed E-state index contributed by atoms with van der Waals surface area (Å²) in [7, 11) is 0. The molecular formula is C14H16F4N2. The molecule has 1 aliphatic rings. The lowest BCUT2D eigenvalue weighted by molar-refractivity contribution is -0.136. The Morgan fingerprint density at radius 2 is 1.85 bits per heavy atom. The van der Waals surface area contributed by atoms with Crippen LogP contribution in [0.4, 0.5) is 17.6 Å². The van der Waals surface area contributed by atoms with Crippen molar-refractivity contribution in [2.24, 2.45) is 5.92 Å². The molecule has 1 aromatic carbocycles. The standard InChI is InChI=1S/C9H6F4N2.C5H10/c1-4-2-5-7(14-15-8(5)10)6(3-4)9(11,12)13;1-5-3-2-4-5/h2-3H,1H3,(H,14,15);5H,2-4H2,1H3. The van der Waals surface area contributed by atoms with Crippen LogP contribution >= 0.6 is 0 Å². The SMILES string of the molecule is CC1CCC1.Cc1cc(C(F)(F)F)c2n[nH]c(F)c2c1. The summed E-state index contributed by atoms with van der Waals surface area (Å²) in [6.07, 6.45) is -0.0624. The fourth-order valence-corrected chi connectivity index (χ4v) is 2.06. The molecular weight excluding hydrogens is 272 g/mol. The zero-order valence-electron chi connectivity index (χ0n) is 11.3. The molecule has 0 aliphatic heterocycles. The first-order valence-electron chi connectivity index (χ1n) is 6.50. The topological polar surface area (TPSA) is 28.7 Å². The van der Waals surface area contributed by atoms with Crippen LogP contribution in [0.3, 0.4) is 0 Å². The molecule has 0 bridgehead atoms. The Morgan fingerprint density at radius 1 is 1.25 bits per heavy atom. The van der Waals surface area contributed by atoms with Gasteiger partial charge in [0, 0.05) is 0 Å². The number of benzene rings is 1. The Morgan fingerprint density at radius 3 is 2.30 bits per heavy atom. The van der Waals surface area contributed by atoms with Crippen molar-refractivity contribution < 1.29 is 17.6 Å². The van der Waals surface area contributed by atoms with Gasteiger partial charge in [-0.1, -0.05) is 26.2 Å². The first kappa shape index (κ1) is 14.8. The van der Waals surface area contributed by atoms with Gasteiger partial charge in [0.15, 0.2) is 0 Å². The molecule has 1 N–H and O–H groups in total. The molecule has 6 heteroatoms. The summed E-state index contributed by atoms with van der Waals surface area (Å²) in [5.41, 5.74) is -0.960. The summed E-state index contributed by atoms with van der Waals surface area (Å²) in [5.74, 6) is 0.217. The first-order chi connectivity index (χ1) is 9.29. The number of nitrogens with one attached hydrogen (secondary N) is 1. The molecule has 0 unspecified atom stereocenters. The second-order valence-corrected chi connectivity index (χ2v) is 5.28. The Kier molecular flexibility index (Phi) is 4.01. The van der Waals surface area contributed by atoms with Gasteiger partial charge >= 0.3 is 6.18 Å². The Balaban J connectivity index is 0.000000247. The van der Waals surface area contributed by atoms with Gasteiger partial charge in [-0.2, -0.15) is 22.7 Å². The van der Waals surface area contributed by atoms with E-state index in [0.717, 1.165) is 12.0 Å². The Bertz CT molecular complexity index is 597. The Hall–Kier alpha value is -1.59. The number of aryl methyl sites for hydroxylation is 1. The maximum atomic E-state index is 13.0. The lowest BCUT2D eigenvalue weighted by atomic mass is 9.88. The highest BCUT2D eigenvalue weighted by atomic mass is 19.4. The number of hydrogen-bond acceptors (Lipinski definition) is 1. The summed E-state index contributed by atoms with van der Waals surface area (Å²) in [5, 5.41) is 5.07. The quantitative estimate of drug-likeness (QED) is 0.691. The smallest absolute Gasteiger partial charge is 0.252 e. The van der Waals surface area contributed by atoms with Gasteiger partial charge in [0.1, 0.15) is 5.52 Å². The van der Waals surface area contributed by atoms with Crippen molar-refractivity contribution in [1.82, 2.24) is 10.2 Å². The second kappa shape index (κ2) is 5.42. The average Bonchev–Trinajstić information content (AvgIpc) is 2.67. The van der Waals surface area contributed by atoms with Crippen molar-refractivity contribution in [3.05, 3.63) is 29.2 Å². The van der Waals surface area contributed by atoms with Gasteiger partial charge in [-0.25, -0.2) is 0 Å². The van der Waals surface area contributed by atoms with Crippen molar-refractivity contribution in [1.29, 1.82) is 0 Å². The van der Waals surface area contributed by atoms with E-state index in [1.54, 1.807) is 0 Å². The normalized spacial score (nSPS) is 15.7. The molecule has 0 radical (unpaired) electrons. The number of rotatable bonds is 0. The third kappa shape index (κ3) is 3.11. The van der Waals surface area contributed by atoms with Crippen LogP contribution in [0.25, 0.3) is 10.9 Å². The molecule has 2 aromatic rings. The summed E-state index contributed by atoms with van der Waals surface area (Å²) in [6, 6.07) is 2.27. The van der Waals surface area contributed by atoms with Gasteiger partial charge in [-0.15, -0.1) is 0 Å². The maximum Gasteiger partial charge on any atom is 0.418 e. The van der Waals surface area contributed by atoms with Gasteiger partial charge in [-0.3, -0.25) is 5.10 Å². The van der Waals surface area contributed by atoms with Gasteiger partial charge in [0.05, 0.1) is 10.9 Å². The molecule has 1 heterocycles. The number of aromatic amines is 1. The predicted molar refractivity (Wildman–Crippen MR) is 68.8 cm³/mol. The largest absolute Gasteiger partial charge is 0.418 e. The van der Waals surface area contributed by atoms with Gasteiger partial charge in [0.25, 0.3) is 0 Å². The van der Waals surface area contributed by atoms with Crippen molar-refractivity contribution in [2.45, 2.75) is 39.3 Å². The van der Waals surface area contributed by atoms with E-state index in [1.807, 2.05) is 5.10 Å². The van der Waals surface area contributed by atoms with Crippen LogP contribution in [0.5, 0.6) is 0 Å². The molecule has 0 amide bonds. The van der Waals surface area contributed by atoms with E-state index in [1.165, 1.54) is 32.3 Å². The minimum absolute atomic E-state index is 0.137. The monoisotopic (exact) mass is 288 g/mol. The molecule has 110 valence electrons. The minimum Gasteiger partial charge on any atom is -0.252 e. The van der Waals surface area contributed by atoms with Crippen LogP contribution in [0.15, 0.2) is 12.1 Å². The molecule has 1 aromatic heterocycles. The number of aromatic nitrogens is 2. The van der Waals surface area contributed by atoms with Gasteiger partial charge < -0.3 is 0 Å². The third-order valence-electron chi connectivity index (χ3n) is 3.46. The van der Waals surface area contributed by atoms with Crippen LogP contribution in [-0.4, -0.2) is 10.2 Å². The van der Waals surface area contributed by atoms with E-state index in [4.69, 9.17) is 0 Å². The van der Waals surface area contributed by atoms with Crippen LogP contribution in [0.2, 0.25) is 0 Å². The molecule has 1 aliphatic carbocycles.